The molecule has 0 atom stereocenters. The Labute approximate surface area is 156 Å². The lowest BCUT2D eigenvalue weighted by Gasteiger charge is -2.30. The minimum absolute atomic E-state index is 0.00103. The number of morpholine rings is 1. The van der Waals surface area contributed by atoms with Crippen LogP contribution in [0.25, 0.3) is 11.0 Å². The standard InChI is InChI=1S/C19H24N4O4/c1-19(2)9-12-13(14(24)10-19)11-20-16-15(12)17(25)21-18(26)23(16)4-3-22-5-7-27-8-6-22/h11H,3-10H2,1-2H3,(H,21,25,26). The molecule has 0 spiro atoms. The minimum atomic E-state index is -0.465. The average molecular weight is 372 g/mol. The van der Waals surface area contributed by atoms with E-state index in [0.29, 0.717) is 61.3 Å². The summed E-state index contributed by atoms with van der Waals surface area (Å²) < 4.78 is 6.86. The molecular formula is C19H24N4O4. The van der Waals surface area contributed by atoms with Crippen LogP contribution in [0.1, 0.15) is 36.2 Å². The second-order valence-corrected chi connectivity index (χ2v) is 8.15. The van der Waals surface area contributed by atoms with Gasteiger partial charge in [-0.15, -0.1) is 0 Å². The Morgan fingerprint density at radius 3 is 2.63 bits per heavy atom. The number of aromatic amines is 1. The fourth-order valence-electron chi connectivity index (χ4n) is 4.07. The van der Waals surface area contributed by atoms with Gasteiger partial charge in [-0.25, -0.2) is 9.78 Å². The molecule has 0 amide bonds. The third kappa shape index (κ3) is 3.35. The summed E-state index contributed by atoms with van der Waals surface area (Å²) in [5.41, 5.74) is 0.427. The van der Waals surface area contributed by atoms with Crippen LogP contribution < -0.4 is 11.2 Å². The van der Waals surface area contributed by atoms with Crippen molar-refractivity contribution in [2.45, 2.75) is 33.2 Å². The van der Waals surface area contributed by atoms with Gasteiger partial charge in [-0.1, -0.05) is 13.8 Å². The van der Waals surface area contributed by atoms with Crippen LogP contribution in [0.3, 0.4) is 0 Å². The number of H-pyrrole nitrogens is 1. The Hall–Kier alpha value is -2.32. The highest BCUT2D eigenvalue weighted by atomic mass is 16.5. The van der Waals surface area contributed by atoms with Crippen molar-refractivity contribution in [3.05, 3.63) is 38.2 Å². The van der Waals surface area contributed by atoms with Gasteiger partial charge in [-0.3, -0.25) is 24.0 Å². The molecule has 0 aromatic carbocycles. The van der Waals surface area contributed by atoms with E-state index in [-0.39, 0.29) is 11.2 Å². The molecule has 2 aromatic rings. The first-order valence-electron chi connectivity index (χ1n) is 9.34. The molecule has 0 unspecified atom stereocenters. The number of hydrogen-bond donors (Lipinski definition) is 1. The predicted molar refractivity (Wildman–Crippen MR) is 100 cm³/mol. The van der Waals surface area contributed by atoms with Crippen LogP contribution in [0.5, 0.6) is 0 Å². The Balaban J connectivity index is 1.80. The van der Waals surface area contributed by atoms with Crippen LogP contribution in [0.4, 0.5) is 0 Å². The van der Waals surface area contributed by atoms with Crippen molar-refractivity contribution < 1.29 is 9.53 Å². The number of carbonyl (C=O) groups excluding carboxylic acids is 1. The number of carbonyl (C=O) groups is 1. The van der Waals surface area contributed by atoms with Crippen molar-refractivity contribution in [2.75, 3.05) is 32.8 Å². The second-order valence-electron chi connectivity index (χ2n) is 8.15. The SMILES string of the molecule is CC1(C)CC(=O)c2cnc3c(c2C1)c(=O)[nH]c(=O)n3CCN1CCOCC1. The van der Waals surface area contributed by atoms with Crippen molar-refractivity contribution in [1.29, 1.82) is 0 Å². The van der Waals surface area contributed by atoms with Crippen LogP contribution in [0.2, 0.25) is 0 Å². The van der Waals surface area contributed by atoms with Crippen LogP contribution in [0.15, 0.2) is 15.8 Å². The number of hydrogen-bond acceptors (Lipinski definition) is 6. The van der Waals surface area contributed by atoms with Gasteiger partial charge in [-0.05, 0) is 17.4 Å². The smallest absolute Gasteiger partial charge is 0.330 e. The molecule has 8 heteroatoms. The molecule has 1 saturated heterocycles. The number of nitrogens with one attached hydrogen (secondary N) is 1. The van der Waals surface area contributed by atoms with Gasteiger partial charge in [0.2, 0.25) is 0 Å². The first-order chi connectivity index (χ1) is 12.9. The molecule has 0 bridgehead atoms. The Morgan fingerprint density at radius 2 is 1.89 bits per heavy atom. The largest absolute Gasteiger partial charge is 0.379 e. The van der Waals surface area contributed by atoms with E-state index >= 15 is 0 Å². The van der Waals surface area contributed by atoms with E-state index in [9.17, 15) is 14.4 Å². The highest BCUT2D eigenvalue weighted by molar-refractivity contribution is 6.02. The summed E-state index contributed by atoms with van der Waals surface area (Å²) in [6.07, 6.45) is 2.57. The van der Waals surface area contributed by atoms with Gasteiger partial charge in [-0.2, -0.15) is 0 Å². The average Bonchev–Trinajstić information content (AvgIpc) is 2.60. The third-order valence-electron chi connectivity index (χ3n) is 5.45. The third-order valence-corrected chi connectivity index (χ3v) is 5.45. The molecule has 3 heterocycles. The summed E-state index contributed by atoms with van der Waals surface area (Å²) in [6, 6.07) is 0. The molecule has 1 aliphatic carbocycles. The van der Waals surface area contributed by atoms with E-state index in [1.807, 2.05) is 13.8 Å². The summed E-state index contributed by atoms with van der Waals surface area (Å²) in [6.45, 7) is 8.14. The van der Waals surface area contributed by atoms with Gasteiger partial charge in [0.1, 0.15) is 5.65 Å². The van der Waals surface area contributed by atoms with Crippen molar-refractivity contribution in [3.63, 3.8) is 0 Å². The number of aromatic nitrogens is 3. The molecule has 0 radical (unpaired) electrons. The quantitative estimate of drug-likeness (QED) is 0.846. The molecular weight excluding hydrogens is 348 g/mol. The van der Waals surface area contributed by atoms with Gasteiger partial charge in [0.15, 0.2) is 5.78 Å². The molecule has 4 rings (SSSR count). The molecule has 27 heavy (non-hydrogen) atoms. The summed E-state index contributed by atoms with van der Waals surface area (Å²) >= 11 is 0. The summed E-state index contributed by atoms with van der Waals surface area (Å²) in [4.78, 5) is 46.5. The van der Waals surface area contributed by atoms with Crippen molar-refractivity contribution in [1.82, 2.24) is 19.4 Å². The monoisotopic (exact) mass is 372 g/mol. The zero-order valence-corrected chi connectivity index (χ0v) is 15.7. The van der Waals surface area contributed by atoms with E-state index < -0.39 is 11.2 Å². The zero-order valence-electron chi connectivity index (χ0n) is 15.7. The Bertz CT molecular complexity index is 1010. The van der Waals surface area contributed by atoms with Gasteiger partial charge < -0.3 is 4.74 Å². The highest BCUT2D eigenvalue weighted by Crippen LogP contribution is 2.36. The van der Waals surface area contributed by atoms with Crippen molar-refractivity contribution in [3.8, 4) is 0 Å². The number of fused-ring (bicyclic) bond motifs is 3. The molecule has 1 aliphatic heterocycles. The fourth-order valence-corrected chi connectivity index (χ4v) is 4.07. The van der Waals surface area contributed by atoms with Crippen LogP contribution in [0, 0.1) is 5.41 Å². The van der Waals surface area contributed by atoms with E-state index in [2.05, 4.69) is 14.9 Å². The molecule has 2 aliphatic rings. The van der Waals surface area contributed by atoms with Crippen molar-refractivity contribution in [2.24, 2.45) is 5.41 Å². The second kappa shape index (κ2) is 6.69. The lowest BCUT2D eigenvalue weighted by molar-refractivity contribution is 0.0363. The maximum Gasteiger partial charge on any atom is 0.330 e. The molecule has 1 fully saturated rings. The number of rotatable bonds is 3. The summed E-state index contributed by atoms with van der Waals surface area (Å²) in [5.74, 6) is 0.00103. The topological polar surface area (TPSA) is 97.3 Å². The van der Waals surface area contributed by atoms with Crippen LogP contribution in [-0.2, 0) is 17.7 Å². The first kappa shape index (κ1) is 18.1. The predicted octanol–water partition coefficient (Wildman–Crippen LogP) is 0.572. The van der Waals surface area contributed by atoms with Gasteiger partial charge >= 0.3 is 5.69 Å². The maximum absolute atomic E-state index is 12.6. The van der Waals surface area contributed by atoms with E-state index in [1.54, 1.807) is 0 Å². The van der Waals surface area contributed by atoms with Crippen LogP contribution >= 0.6 is 0 Å². The molecule has 144 valence electrons. The highest BCUT2D eigenvalue weighted by Gasteiger charge is 2.33. The molecule has 8 nitrogen and oxygen atoms in total. The molecule has 1 N–H and O–H groups in total. The fraction of sp³-hybridized carbons (Fsp3) is 0.579. The van der Waals surface area contributed by atoms with Gasteiger partial charge in [0.25, 0.3) is 5.56 Å². The number of pyridine rings is 1. The number of Topliss-reactive ketones (excluding diaryl/α,β-unsaturated/α-hetero) is 1. The number of nitrogens with zero attached hydrogens (tertiary/aromatic N) is 3. The molecule has 0 saturated carbocycles. The minimum Gasteiger partial charge on any atom is -0.379 e. The maximum atomic E-state index is 12.6. The Kier molecular flexibility index (Phi) is 4.47. The number of ether oxygens (including phenoxy) is 1. The van der Waals surface area contributed by atoms with E-state index in [1.165, 1.54) is 10.8 Å². The summed E-state index contributed by atoms with van der Waals surface area (Å²) in [7, 11) is 0. The van der Waals surface area contributed by atoms with E-state index in [0.717, 1.165) is 13.1 Å². The van der Waals surface area contributed by atoms with E-state index in [4.69, 9.17) is 4.74 Å². The Morgan fingerprint density at radius 1 is 1.15 bits per heavy atom. The zero-order chi connectivity index (χ0) is 19.2. The molecule has 2 aromatic heterocycles. The lowest BCUT2D eigenvalue weighted by Crippen LogP contribution is -2.41. The van der Waals surface area contributed by atoms with Crippen LogP contribution in [-0.4, -0.2) is 58.1 Å². The first-order valence-corrected chi connectivity index (χ1v) is 9.34. The van der Waals surface area contributed by atoms with Gasteiger partial charge in [0.05, 0.1) is 18.6 Å². The van der Waals surface area contributed by atoms with Crippen molar-refractivity contribution >= 4 is 16.8 Å². The van der Waals surface area contributed by atoms with Gasteiger partial charge in [0, 0.05) is 44.4 Å². The normalized spacial score (nSPS) is 20.0. The summed E-state index contributed by atoms with van der Waals surface area (Å²) in [5, 5.41) is 0.371. The number of ketones is 1. The lowest BCUT2D eigenvalue weighted by atomic mass is 9.73.